The van der Waals surface area contributed by atoms with E-state index in [4.69, 9.17) is 4.74 Å². The maximum atomic E-state index is 12.5. The van der Waals surface area contributed by atoms with Gasteiger partial charge in [0.15, 0.2) is 5.78 Å². The lowest BCUT2D eigenvalue weighted by Crippen LogP contribution is -2.17. The van der Waals surface area contributed by atoms with Crippen LogP contribution >= 0.6 is 0 Å². The van der Waals surface area contributed by atoms with E-state index < -0.39 is 0 Å². The number of fused-ring (bicyclic) bond motifs is 1. The van der Waals surface area contributed by atoms with Crippen molar-refractivity contribution in [2.24, 2.45) is 0 Å². The van der Waals surface area contributed by atoms with Gasteiger partial charge in [0.2, 0.25) is 0 Å². The van der Waals surface area contributed by atoms with Gasteiger partial charge in [-0.1, -0.05) is 18.2 Å². The normalized spacial score (nSPS) is 17.1. The number of ketones is 1. The predicted octanol–water partition coefficient (Wildman–Crippen LogP) is 3.53. The minimum atomic E-state index is 0.187. The summed E-state index contributed by atoms with van der Waals surface area (Å²) >= 11 is 0. The number of ether oxygens (including phenoxy) is 1. The van der Waals surface area contributed by atoms with E-state index in [1.165, 1.54) is 0 Å². The van der Waals surface area contributed by atoms with Crippen molar-refractivity contribution in [1.29, 1.82) is 0 Å². The lowest BCUT2D eigenvalue weighted by atomic mass is 9.87. The number of hydrogen-bond acceptors (Lipinski definition) is 3. The zero-order valence-corrected chi connectivity index (χ0v) is 11.5. The molecule has 0 amide bonds. The van der Waals surface area contributed by atoms with Gasteiger partial charge in [-0.2, -0.15) is 0 Å². The minimum Gasteiger partial charge on any atom is -0.493 e. The molecular formula is C17H17NO2. The molecular weight excluding hydrogens is 250 g/mol. The molecule has 0 fully saturated rings. The number of benzene rings is 1. The summed E-state index contributed by atoms with van der Waals surface area (Å²) in [5.74, 6) is 1.36. The fourth-order valence-corrected chi connectivity index (χ4v) is 2.75. The second kappa shape index (κ2) is 5.45. The fourth-order valence-electron chi connectivity index (χ4n) is 2.75. The van der Waals surface area contributed by atoms with Gasteiger partial charge in [0.1, 0.15) is 5.75 Å². The number of para-hydroxylation sites is 1. The first kappa shape index (κ1) is 12.9. The molecule has 1 aromatic carbocycles. The largest absolute Gasteiger partial charge is 0.493 e. The SMILES string of the molecule is Cc1cnccc1C(=O)CC1CCOc2ccccc21. The van der Waals surface area contributed by atoms with Crippen LogP contribution in [-0.4, -0.2) is 17.4 Å². The van der Waals surface area contributed by atoms with Crippen molar-refractivity contribution in [3.05, 3.63) is 59.4 Å². The van der Waals surface area contributed by atoms with Crippen LogP contribution in [0.4, 0.5) is 0 Å². The van der Waals surface area contributed by atoms with Crippen molar-refractivity contribution in [1.82, 2.24) is 4.98 Å². The third kappa shape index (κ3) is 2.44. The van der Waals surface area contributed by atoms with Gasteiger partial charge >= 0.3 is 0 Å². The summed E-state index contributed by atoms with van der Waals surface area (Å²) in [6.45, 7) is 2.61. The smallest absolute Gasteiger partial charge is 0.163 e. The first-order chi connectivity index (χ1) is 9.75. The van der Waals surface area contributed by atoms with Gasteiger partial charge in [-0.05, 0) is 42.5 Å². The van der Waals surface area contributed by atoms with Gasteiger partial charge in [-0.3, -0.25) is 9.78 Å². The average Bonchev–Trinajstić information content (AvgIpc) is 2.48. The first-order valence-corrected chi connectivity index (χ1v) is 6.91. The number of aryl methyl sites for hydroxylation is 1. The Hall–Kier alpha value is -2.16. The highest BCUT2D eigenvalue weighted by molar-refractivity contribution is 5.97. The summed E-state index contributed by atoms with van der Waals surface area (Å²) < 4.78 is 5.64. The molecule has 0 bridgehead atoms. The van der Waals surface area contributed by atoms with Gasteiger partial charge in [-0.25, -0.2) is 0 Å². The molecule has 1 aliphatic heterocycles. The molecule has 102 valence electrons. The molecule has 0 N–H and O–H groups in total. The van der Waals surface area contributed by atoms with E-state index >= 15 is 0 Å². The molecule has 20 heavy (non-hydrogen) atoms. The van der Waals surface area contributed by atoms with E-state index in [9.17, 15) is 4.79 Å². The van der Waals surface area contributed by atoms with Crippen LogP contribution in [0, 0.1) is 6.92 Å². The van der Waals surface area contributed by atoms with E-state index in [0.29, 0.717) is 13.0 Å². The number of hydrogen-bond donors (Lipinski definition) is 0. The van der Waals surface area contributed by atoms with Crippen molar-refractivity contribution < 1.29 is 9.53 Å². The predicted molar refractivity (Wildman–Crippen MR) is 77.2 cm³/mol. The summed E-state index contributed by atoms with van der Waals surface area (Å²) in [5.41, 5.74) is 2.88. The topological polar surface area (TPSA) is 39.2 Å². The van der Waals surface area contributed by atoms with Gasteiger partial charge in [-0.15, -0.1) is 0 Å². The summed E-state index contributed by atoms with van der Waals surface area (Å²) in [6, 6.07) is 9.82. The van der Waals surface area contributed by atoms with Crippen LogP contribution in [0.1, 0.15) is 40.2 Å². The van der Waals surface area contributed by atoms with Crippen LogP contribution in [0.25, 0.3) is 0 Å². The Morgan fingerprint density at radius 2 is 2.20 bits per heavy atom. The Kier molecular flexibility index (Phi) is 3.50. The quantitative estimate of drug-likeness (QED) is 0.799. The van der Waals surface area contributed by atoms with Gasteiger partial charge in [0.05, 0.1) is 6.61 Å². The van der Waals surface area contributed by atoms with Crippen LogP contribution in [-0.2, 0) is 0 Å². The van der Waals surface area contributed by atoms with E-state index in [0.717, 1.165) is 28.9 Å². The number of Topliss-reactive ketones (excluding diaryl/α,β-unsaturated/α-hetero) is 1. The highest BCUT2D eigenvalue weighted by Crippen LogP contribution is 2.36. The Bertz CT molecular complexity index is 636. The summed E-state index contributed by atoms with van der Waals surface area (Å²) in [7, 11) is 0. The van der Waals surface area contributed by atoms with Crippen molar-refractivity contribution in [3.8, 4) is 5.75 Å². The zero-order chi connectivity index (χ0) is 13.9. The molecule has 0 spiro atoms. The van der Waals surface area contributed by atoms with Gasteiger partial charge in [0, 0.05) is 24.4 Å². The number of pyridine rings is 1. The third-order valence-electron chi connectivity index (χ3n) is 3.84. The van der Waals surface area contributed by atoms with Gasteiger partial charge < -0.3 is 4.74 Å². The van der Waals surface area contributed by atoms with Crippen LogP contribution in [0.5, 0.6) is 5.75 Å². The summed E-state index contributed by atoms with van der Waals surface area (Å²) in [5, 5.41) is 0. The van der Waals surface area contributed by atoms with Crippen LogP contribution in [0.2, 0.25) is 0 Å². The zero-order valence-electron chi connectivity index (χ0n) is 11.5. The summed E-state index contributed by atoms with van der Waals surface area (Å²) in [6.07, 6.45) is 4.85. The molecule has 1 aromatic heterocycles. The van der Waals surface area contributed by atoms with Crippen molar-refractivity contribution in [2.75, 3.05) is 6.61 Å². The Morgan fingerprint density at radius 3 is 3.05 bits per heavy atom. The van der Waals surface area contributed by atoms with E-state index in [2.05, 4.69) is 11.1 Å². The molecule has 3 heteroatoms. The molecule has 0 aliphatic carbocycles. The van der Waals surface area contributed by atoms with E-state index in [1.807, 2.05) is 31.2 Å². The molecule has 0 radical (unpaired) electrons. The molecule has 1 atom stereocenters. The molecule has 2 heterocycles. The second-order valence-electron chi connectivity index (χ2n) is 5.19. The first-order valence-electron chi connectivity index (χ1n) is 6.91. The molecule has 2 aromatic rings. The summed E-state index contributed by atoms with van der Waals surface area (Å²) in [4.78, 5) is 16.5. The van der Waals surface area contributed by atoms with Gasteiger partial charge in [0.25, 0.3) is 0 Å². The minimum absolute atomic E-state index is 0.187. The standard InChI is InChI=1S/C17H17NO2/c1-12-11-18-8-6-14(12)16(19)10-13-7-9-20-17-5-3-2-4-15(13)17/h2-6,8,11,13H,7,9-10H2,1H3. The fraction of sp³-hybridized carbons (Fsp3) is 0.294. The monoisotopic (exact) mass is 267 g/mol. The molecule has 1 aliphatic rings. The van der Waals surface area contributed by atoms with E-state index in [1.54, 1.807) is 12.4 Å². The Labute approximate surface area is 118 Å². The van der Waals surface area contributed by atoms with Crippen LogP contribution in [0.3, 0.4) is 0 Å². The molecule has 3 rings (SSSR count). The maximum Gasteiger partial charge on any atom is 0.163 e. The lowest BCUT2D eigenvalue weighted by Gasteiger charge is -2.25. The number of nitrogens with zero attached hydrogens (tertiary/aromatic N) is 1. The van der Waals surface area contributed by atoms with Crippen molar-refractivity contribution in [3.63, 3.8) is 0 Å². The van der Waals surface area contributed by atoms with Crippen LogP contribution in [0.15, 0.2) is 42.7 Å². The lowest BCUT2D eigenvalue weighted by molar-refractivity contribution is 0.0965. The number of carbonyl (C=O) groups excluding carboxylic acids is 1. The maximum absolute atomic E-state index is 12.5. The average molecular weight is 267 g/mol. The molecule has 1 unspecified atom stereocenters. The Balaban J connectivity index is 1.83. The number of rotatable bonds is 3. The number of aromatic nitrogens is 1. The second-order valence-corrected chi connectivity index (χ2v) is 5.19. The molecule has 0 saturated carbocycles. The molecule has 0 saturated heterocycles. The van der Waals surface area contributed by atoms with E-state index in [-0.39, 0.29) is 11.7 Å². The Morgan fingerprint density at radius 1 is 1.35 bits per heavy atom. The third-order valence-corrected chi connectivity index (χ3v) is 3.84. The van der Waals surface area contributed by atoms with Crippen LogP contribution < -0.4 is 4.74 Å². The number of carbonyl (C=O) groups is 1. The highest BCUT2D eigenvalue weighted by atomic mass is 16.5. The highest BCUT2D eigenvalue weighted by Gasteiger charge is 2.24. The van der Waals surface area contributed by atoms with Crippen molar-refractivity contribution in [2.45, 2.75) is 25.7 Å². The van der Waals surface area contributed by atoms with Crippen molar-refractivity contribution >= 4 is 5.78 Å². The molecule has 3 nitrogen and oxygen atoms in total.